The van der Waals surface area contributed by atoms with Crippen molar-refractivity contribution >= 4 is 44.0 Å². The summed E-state index contributed by atoms with van der Waals surface area (Å²) in [5, 5.41) is 13.9. The molecule has 0 aliphatic carbocycles. The Kier molecular flexibility index (Phi) is 5.73. The zero-order chi connectivity index (χ0) is 17.0. The number of hydrogen-bond donors (Lipinski definition) is 2. The average Bonchev–Trinajstić information content (AvgIpc) is 2.54. The summed E-state index contributed by atoms with van der Waals surface area (Å²) in [6.45, 7) is 0. The van der Waals surface area contributed by atoms with Gasteiger partial charge in [0.15, 0.2) is 11.5 Å². The molecule has 0 aromatic heterocycles. The molecule has 0 atom stereocenters. The predicted octanol–water partition coefficient (Wildman–Crippen LogP) is 3.83. The molecule has 0 spiro atoms. The molecule has 0 saturated heterocycles. The minimum atomic E-state index is -0.571. The second-order valence-electron chi connectivity index (χ2n) is 4.35. The van der Waals surface area contributed by atoms with Crippen LogP contribution >= 0.6 is 31.9 Å². The van der Waals surface area contributed by atoms with E-state index in [-0.39, 0.29) is 17.1 Å². The lowest BCUT2D eigenvalue weighted by atomic mass is 10.2. The molecule has 2 aromatic rings. The number of nitrogens with one attached hydrogen (secondary N) is 1. The Hall–Kier alpha value is -1.93. The summed E-state index contributed by atoms with van der Waals surface area (Å²) in [4.78, 5) is 11.8. The second-order valence-corrected chi connectivity index (χ2v) is 5.99. The van der Waals surface area contributed by atoms with Crippen molar-refractivity contribution in [1.29, 1.82) is 0 Å². The second kappa shape index (κ2) is 7.56. The third-order valence-electron chi connectivity index (χ3n) is 2.86. The molecular weight excluding hydrogens is 435 g/mol. The van der Waals surface area contributed by atoms with E-state index in [9.17, 15) is 14.3 Å². The van der Waals surface area contributed by atoms with Crippen molar-refractivity contribution in [3.63, 3.8) is 0 Å². The Balaban J connectivity index is 2.21. The summed E-state index contributed by atoms with van der Waals surface area (Å²) < 4.78 is 19.3. The van der Waals surface area contributed by atoms with Crippen LogP contribution in [0.4, 0.5) is 4.39 Å². The SMILES string of the molecule is COc1cc(Br)c(Br)c(/C=N\NC(=O)c2cccc(F)c2)c1O. The van der Waals surface area contributed by atoms with Gasteiger partial charge < -0.3 is 9.84 Å². The highest BCUT2D eigenvalue weighted by Crippen LogP contribution is 2.39. The number of methoxy groups -OCH3 is 1. The van der Waals surface area contributed by atoms with Gasteiger partial charge in [0.2, 0.25) is 0 Å². The van der Waals surface area contributed by atoms with E-state index in [4.69, 9.17) is 4.74 Å². The van der Waals surface area contributed by atoms with Gasteiger partial charge in [0.25, 0.3) is 5.91 Å². The number of carbonyl (C=O) groups is 1. The highest BCUT2D eigenvalue weighted by Gasteiger charge is 2.14. The van der Waals surface area contributed by atoms with E-state index in [1.165, 1.54) is 31.5 Å². The Labute approximate surface area is 148 Å². The van der Waals surface area contributed by atoms with Crippen LogP contribution in [-0.2, 0) is 0 Å². The van der Waals surface area contributed by atoms with Crippen LogP contribution in [0.1, 0.15) is 15.9 Å². The maximum atomic E-state index is 13.1. The van der Waals surface area contributed by atoms with Crippen LogP contribution in [0.3, 0.4) is 0 Å². The van der Waals surface area contributed by atoms with Crippen LogP contribution in [0.15, 0.2) is 44.4 Å². The van der Waals surface area contributed by atoms with Gasteiger partial charge in [0.05, 0.1) is 18.9 Å². The van der Waals surface area contributed by atoms with Crippen molar-refractivity contribution in [1.82, 2.24) is 5.43 Å². The summed E-state index contributed by atoms with van der Waals surface area (Å²) >= 11 is 6.61. The zero-order valence-electron chi connectivity index (χ0n) is 11.8. The predicted molar refractivity (Wildman–Crippen MR) is 91.5 cm³/mol. The van der Waals surface area contributed by atoms with Gasteiger partial charge in [-0.2, -0.15) is 5.10 Å². The standard InChI is InChI=1S/C15H11Br2FN2O3/c1-23-12-6-11(16)13(17)10(14(12)21)7-19-20-15(22)8-3-2-4-9(18)5-8/h2-7,21H,1H3,(H,20,22)/b19-7-. The van der Waals surface area contributed by atoms with E-state index in [0.717, 1.165) is 6.07 Å². The average molecular weight is 446 g/mol. The molecule has 23 heavy (non-hydrogen) atoms. The molecule has 0 aliphatic heterocycles. The first-order valence-corrected chi connectivity index (χ1v) is 7.86. The molecule has 0 unspecified atom stereocenters. The Morgan fingerprint density at radius 2 is 2.13 bits per heavy atom. The fourth-order valence-electron chi connectivity index (χ4n) is 1.74. The molecule has 0 radical (unpaired) electrons. The van der Waals surface area contributed by atoms with Crippen molar-refractivity contribution in [3.05, 3.63) is 56.2 Å². The van der Waals surface area contributed by atoms with Gasteiger partial charge in [0.1, 0.15) is 5.82 Å². The number of phenols is 1. The smallest absolute Gasteiger partial charge is 0.271 e. The monoisotopic (exact) mass is 444 g/mol. The largest absolute Gasteiger partial charge is 0.504 e. The topological polar surface area (TPSA) is 70.9 Å². The molecule has 8 heteroatoms. The molecule has 0 heterocycles. The molecule has 120 valence electrons. The highest BCUT2D eigenvalue weighted by molar-refractivity contribution is 9.13. The summed E-state index contributed by atoms with van der Waals surface area (Å²) in [5.74, 6) is -0.971. The van der Waals surface area contributed by atoms with Gasteiger partial charge in [-0.3, -0.25) is 4.79 Å². The minimum Gasteiger partial charge on any atom is -0.504 e. The van der Waals surface area contributed by atoms with Crippen LogP contribution in [0, 0.1) is 5.82 Å². The maximum Gasteiger partial charge on any atom is 0.271 e. The number of benzene rings is 2. The summed E-state index contributed by atoms with van der Waals surface area (Å²) in [6.07, 6.45) is 1.25. The fourth-order valence-corrected chi connectivity index (χ4v) is 2.56. The molecule has 2 rings (SSSR count). The number of nitrogens with zero attached hydrogens (tertiary/aromatic N) is 1. The normalized spacial score (nSPS) is 10.8. The van der Waals surface area contributed by atoms with Crippen molar-refractivity contribution in [3.8, 4) is 11.5 Å². The Bertz CT molecular complexity index is 782. The number of halogens is 3. The first-order chi connectivity index (χ1) is 10.9. The number of amides is 1. The summed E-state index contributed by atoms with van der Waals surface area (Å²) in [6, 6.07) is 6.81. The molecule has 0 fully saturated rings. The van der Waals surface area contributed by atoms with Gasteiger partial charge >= 0.3 is 0 Å². The lowest BCUT2D eigenvalue weighted by molar-refractivity contribution is 0.0954. The van der Waals surface area contributed by atoms with Crippen LogP contribution < -0.4 is 10.2 Å². The quantitative estimate of drug-likeness (QED) is 0.555. The van der Waals surface area contributed by atoms with Gasteiger partial charge in [-0.25, -0.2) is 9.82 Å². The molecule has 2 aromatic carbocycles. The number of hydrogen-bond acceptors (Lipinski definition) is 4. The van der Waals surface area contributed by atoms with Crippen molar-refractivity contribution in [2.75, 3.05) is 7.11 Å². The molecule has 5 nitrogen and oxygen atoms in total. The van der Waals surface area contributed by atoms with E-state index in [0.29, 0.717) is 14.5 Å². The van der Waals surface area contributed by atoms with Gasteiger partial charge in [0, 0.05) is 14.5 Å². The minimum absolute atomic E-state index is 0.133. The van der Waals surface area contributed by atoms with E-state index >= 15 is 0 Å². The number of carbonyl (C=O) groups excluding carboxylic acids is 1. The molecule has 2 N–H and O–H groups in total. The first kappa shape index (κ1) is 17.4. The van der Waals surface area contributed by atoms with E-state index in [1.807, 2.05) is 0 Å². The van der Waals surface area contributed by atoms with Gasteiger partial charge in [-0.05, 0) is 56.1 Å². The Morgan fingerprint density at radius 1 is 1.39 bits per heavy atom. The van der Waals surface area contributed by atoms with Gasteiger partial charge in [-0.15, -0.1) is 0 Å². The van der Waals surface area contributed by atoms with Crippen LogP contribution in [0.25, 0.3) is 0 Å². The number of hydrazone groups is 1. The Morgan fingerprint density at radius 3 is 2.78 bits per heavy atom. The molecular formula is C15H11Br2FN2O3. The lowest BCUT2D eigenvalue weighted by Crippen LogP contribution is -2.17. The van der Waals surface area contributed by atoms with E-state index in [2.05, 4.69) is 42.4 Å². The molecule has 0 aliphatic rings. The molecule has 1 amide bonds. The highest BCUT2D eigenvalue weighted by atomic mass is 79.9. The zero-order valence-corrected chi connectivity index (χ0v) is 15.0. The van der Waals surface area contributed by atoms with E-state index in [1.54, 1.807) is 6.07 Å². The van der Waals surface area contributed by atoms with E-state index < -0.39 is 11.7 Å². The van der Waals surface area contributed by atoms with Crippen molar-refractivity contribution in [2.45, 2.75) is 0 Å². The van der Waals surface area contributed by atoms with Crippen LogP contribution in [0.2, 0.25) is 0 Å². The summed E-state index contributed by atoms with van der Waals surface area (Å²) in [5.41, 5.74) is 2.71. The number of aromatic hydroxyl groups is 1. The van der Waals surface area contributed by atoms with Crippen LogP contribution in [-0.4, -0.2) is 24.3 Å². The van der Waals surface area contributed by atoms with Crippen LogP contribution in [0.5, 0.6) is 11.5 Å². The molecule has 0 bridgehead atoms. The molecule has 0 saturated carbocycles. The number of ether oxygens (including phenoxy) is 1. The van der Waals surface area contributed by atoms with Gasteiger partial charge in [-0.1, -0.05) is 6.07 Å². The third kappa shape index (κ3) is 4.08. The maximum absolute atomic E-state index is 13.1. The number of rotatable bonds is 4. The summed E-state index contributed by atoms with van der Waals surface area (Å²) in [7, 11) is 1.42. The first-order valence-electron chi connectivity index (χ1n) is 6.28. The third-order valence-corrected chi connectivity index (χ3v) is 4.87. The van der Waals surface area contributed by atoms with Crippen molar-refractivity contribution in [2.24, 2.45) is 5.10 Å². The fraction of sp³-hybridized carbons (Fsp3) is 0.0667. The number of phenolic OH excluding ortho intramolecular Hbond substituents is 1. The van der Waals surface area contributed by atoms with Crippen molar-refractivity contribution < 1.29 is 19.0 Å². The lowest BCUT2D eigenvalue weighted by Gasteiger charge is -2.09.